The summed E-state index contributed by atoms with van der Waals surface area (Å²) in [5.41, 5.74) is 1.54. The topological polar surface area (TPSA) is 58.6 Å². The maximum Gasteiger partial charge on any atom is 0.261 e. The Kier molecular flexibility index (Phi) is 8.99. The number of hydrogen-bond acceptors (Lipinski definition) is 3. The van der Waals surface area contributed by atoms with Crippen LogP contribution in [0.1, 0.15) is 58.6 Å². The molecule has 7 heteroatoms. The number of amides is 2. The lowest BCUT2D eigenvalue weighted by atomic mass is 10.0. The van der Waals surface area contributed by atoms with Crippen molar-refractivity contribution < 1.29 is 14.3 Å². The average Bonchev–Trinajstić information content (AvgIpc) is 2.71. The first-order valence-electron chi connectivity index (χ1n) is 10.7. The monoisotopic (exact) mass is 478 g/mol. The van der Waals surface area contributed by atoms with Crippen LogP contribution in [0.5, 0.6) is 5.75 Å². The predicted octanol–water partition coefficient (Wildman–Crippen LogP) is 5.83. The molecule has 0 aliphatic carbocycles. The Hall–Kier alpha value is -2.24. The van der Waals surface area contributed by atoms with Crippen LogP contribution in [-0.2, 0) is 16.1 Å². The van der Waals surface area contributed by atoms with Crippen LogP contribution >= 0.6 is 23.2 Å². The fraction of sp³-hybridized carbons (Fsp3) is 0.440. The zero-order valence-corrected chi connectivity index (χ0v) is 21.1. The first-order chi connectivity index (χ1) is 14.9. The summed E-state index contributed by atoms with van der Waals surface area (Å²) in [6.45, 7) is 11.6. The number of carbonyl (C=O) groups excluding carboxylic acids is 2. The van der Waals surface area contributed by atoms with Gasteiger partial charge < -0.3 is 15.0 Å². The minimum Gasteiger partial charge on any atom is -0.484 e. The van der Waals surface area contributed by atoms with Crippen molar-refractivity contribution in [2.45, 2.75) is 65.6 Å². The molecule has 0 spiro atoms. The number of nitrogens with one attached hydrogen (secondary N) is 1. The van der Waals surface area contributed by atoms with Crippen LogP contribution < -0.4 is 10.1 Å². The van der Waals surface area contributed by atoms with Crippen molar-refractivity contribution in [1.29, 1.82) is 0 Å². The van der Waals surface area contributed by atoms with E-state index < -0.39 is 11.6 Å². The molecule has 0 fully saturated rings. The highest BCUT2D eigenvalue weighted by Crippen LogP contribution is 2.24. The number of halogens is 2. The lowest BCUT2D eigenvalue weighted by molar-refractivity contribution is -0.142. The van der Waals surface area contributed by atoms with Gasteiger partial charge in [0, 0.05) is 12.1 Å². The summed E-state index contributed by atoms with van der Waals surface area (Å²) < 4.78 is 5.72. The number of rotatable bonds is 8. The Morgan fingerprint density at radius 3 is 2.16 bits per heavy atom. The minimum absolute atomic E-state index is 0.185. The van der Waals surface area contributed by atoms with Gasteiger partial charge in [0.2, 0.25) is 5.91 Å². The fourth-order valence-electron chi connectivity index (χ4n) is 3.07. The molecule has 1 N–H and O–H groups in total. The van der Waals surface area contributed by atoms with Gasteiger partial charge in [0.25, 0.3) is 5.91 Å². The van der Waals surface area contributed by atoms with Crippen LogP contribution in [0.2, 0.25) is 10.0 Å². The molecule has 0 unspecified atom stereocenters. The molecule has 2 aromatic rings. The summed E-state index contributed by atoms with van der Waals surface area (Å²) in [6.07, 6.45) is 0. The molecule has 5 nitrogen and oxygen atoms in total. The lowest BCUT2D eigenvalue weighted by Crippen LogP contribution is -2.53. The fourth-order valence-corrected chi connectivity index (χ4v) is 3.39. The van der Waals surface area contributed by atoms with Gasteiger partial charge in [0.15, 0.2) is 6.61 Å². The van der Waals surface area contributed by atoms with E-state index in [0.29, 0.717) is 21.7 Å². The Bertz CT molecular complexity index is 937. The first kappa shape index (κ1) is 26.0. The summed E-state index contributed by atoms with van der Waals surface area (Å²) in [6, 6.07) is 12.1. The molecule has 0 aliphatic heterocycles. The van der Waals surface area contributed by atoms with Gasteiger partial charge in [-0.1, -0.05) is 55.2 Å². The van der Waals surface area contributed by atoms with Gasteiger partial charge in [0.05, 0.1) is 10.0 Å². The molecule has 0 bridgehead atoms. The summed E-state index contributed by atoms with van der Waals surface area (Å²) >= 11 is 12.2. The maximum atomic E-state index is 13.1. The van der Waals surface area contributed by atoms with Crippen molar-refractivity contribution in [3.8, 4) is 5.75 Å². The Labute approximate surface area is 201 Å². The smallest absolute Gasteiger partial charge is 0.261 e. The molecule has 2 rings (SSSR count). The average molecular weight is 479 g/mol. The van der Waals surface area contributed by atoms with E-state index in [1.807, 2.05) is 45.0 Å². The van der Waals surface area contributed by atoms with E-state index in [2.05, 4.69) is 19.2 Å². The van der Waals surface area contributed by atoms with E-state index in [4.69, 9.17) is 27.9 Å². The molecule has 0 aromatic heterocycles. The largest absolute Gasteiger partial charge is 0.484 e. The molecule has 0 aliphatic rings. The number of benzene rings is 2. The molecule has 0 radical (unpaired) electrons. The number of carbonyl (C=O) groups is 2. The van der Waals surface area contributed by atoms with E-state index in [1.165, 1.54) is 10.5 Å². The normalized spacial score (nSPS) is 12.4. The molecule has 2 aromatic carbocycles. The molecule has 174 valence electrons. The van der Waals surface area contributed by atoms with Gasteiger partial charge >= 0.3 is 0 Å². The SMILES string of the molecule is CC(C)c1ccc(OCC(=O)N(Cc2ccc(Cl)c(Cl)c2)[C@@H](C)C(=O)NC(C)(C)C)cc1. The van der Waals surface area contributed by atoms with Crippen LogP contribution in [0.4, 0.5) is 0 Å². The second kappa shape index (κ2) is 11.1. The molecule has 0 saturated heterocycles. The van der Waals surface area contributed by atoms with E-state index in [1.54, 1.807) is 25.1 Å². The van der Waals surface area contributed by atoms with Crippen molar-refractivity contribution in [3.63, 3.8) is 0 Å². The molecular weight excluding hydrogens is 447 g/mol. The number of ether oxygens (including phenoxy) is 1. The Morgan fingerprint density at radius 2 is 1.62 bits per heavy atom. The molecular formula is C25H32Cl2N2O3. The van der Waals surface area contributed by atoms with E-state index in [0.717, 1.165) is 5.56 Å². The minimum atomic E-state index is -0.705. The van der Waals surface area contributed by atoms with Crippen LogP contribution in [0, 0.1) is 0 Å². The third-order valence-corrected chi connectivity index (χ3v) is 5.65. The van der Waals surface area contributed by atoms with Crippen molar-refractivity contribution in [3.05, 3.63) is 63.6 Å². The summed E-state index contributed by atoms with van der Waals surface area (Å²) in [5.74, 6) is 0.464. The summed E-state index contributed by atoms with van der Waals surface area (Å²) in [4.78, 5) is 27.4. The summed E-state index contributed by atoms with van der Waals surface area (Å²) in [5, 5.41) is 3.75. The number of hydrogen-bond donors (Lipinski definition) is 1. The molecule has 0 saturated carbocycles. The van der Waals surface area contributed by atoms with Crippen LogP contribution in [0.3, 0.4) is 0 Å². The van der Waals surface area contributed by atoms with E-state index in [9.17, 15) is 9.59 Å². The third-order valence-electron chi connectivity index (χ3n) is 4.91. The highest BCUT2D eigenvalue weighted by Gasteiger charge is 2.28. The Morgan fingerprint density at radius 1 is 1.00 bits per heavy atom. The quantitative estimate of drug-likeness (QED) is 0.519. The van der Waals surface area contributed by atoms with Crippen LogP contribution in [0.25, 0.3) is 0 Å². The van der Waals surface area contributed by atoms with Crippen LogP contribution in [-0.4, -0.2) is 34.9 Å². The van der Waals surface area contributed by atoms with E-state index in [-0.39, 0.29) is 25.0 Å². The molecule has 0 heterocycles. The lowest BCUT2D eigenvalue weighted by Gasteiger charge is -2.31. The zero-order chi connectivity index (χ0) is 24.1. The molecule has 1 atom stereocenters. The van der Waals surface area contributed by atoms with Crippen molar-refractivity contribution in [2.75, 3.05) is 6.61 Å². The Balaban J connectivity index is 2.18. The maximum absolute atomic E-state index is 13.1. The number of nitrogens with zero attached hydrogens (tertiary/aromatic N) is 1. The van der Waals surface area contributed by atoms with Gasteiger partial charge in [-0.2, -0.15) is 0 Å². The van der Waals surface area contributed by atoms with Crippen molar-refractivity contribution in [2.24, 2.45) is 0 Å². The van der Waals surface area contributed by atoms with Gasteiger partial charge in [-0.05, 0) is 69.0 Å². The second-order valence-corrected chi connectivity index (χ2v) is 10.0. The first-order valence-corrected chi connectivity index (χ1v) is 11.4. The van der Waals surface area contributed by atoms with Gasteiger partial charge in [0.1, 0.15) is 11.8 Å². The van der Waals surface area contributed by atoms with E-state index >= 15 is 0 Å². The second-order valence-electron chi connectivity index (χ2n) is 9.20. The van der Waals surface area contributed by atoms with Gasteiger partial charge in [-0.3, -0.25) is 9.59 Å². The van der Waals surface area contributed by atoms with Crippen molar-refractivity contribution >= 4 is 35.0 Å². The standard InChI is InChI=1S/C25H32Cl2N2O3/c1-16(2)19-8-10-20(11-9-19)32-15-23(30)29(17(3)24(31)28-25(4,5)6)14-18-7-12-21(26)22(27)13-18/h7-13,16-17H,14-15H2,1-6H3,(H,28,31)/t17-/m0/s1. The predicted molar refractivity (Wildman–Crippen MR) is 130 cm³/mol. The van der Waals surface area contributed by atoms with Crippen molar-refractivity contribution in [1.82, 2.24) is 10.2 Å². The molecule has 32 heavy (non-hydrogen) atoms. The van der Waals surface area contributed by atoms with Gasteiger partial charge in [-0.25, -0.2) is 0 Å². The highest BCUT2D eigenvalue weighted by atomic mass is 35.5. The summed E-state index contributed by atoms with van der Waals surface area (Å²) in [7, 11) is 0. The zero-order valence-electron chi connectivity index (χ0n) is 19.5. The highest BCUT2D eigenvalue weighted by molar-refractivity contribution is 6.42. The van der Waals surface area contributed by atoms with Gasteiger partial charge in [-0.15, -0.1) is 0 Å². The van der Waals surface area contributed by atoms with Crippen LogP contribution in [0.15, 0.2) is 42.5 Å². The third kappa shape index (κ3) is 7.72. The molecule has 2 amide bonds.